The van der Waals surface area contributed by atoms with Gasteiger partial charge in [0, 0.05) is 31.1 Å². The van der Waals surface area contributed by atoms with E-state index in [9.17, 15) is 4.79 Å². The minimum Gasteiger partial charge on any atom is -0.287 e. The minimum atomic E-state index is -0.0370. The van der Waals surface area contributed by atoms with Crippen molar-refractivity contribution in [2.24, 2.45) is 7.05 Å². The van der Waals surface area contributed by atoms with Crippen molar-refractivity contribution in [3.05, 3.63) is 34.4 Å². The number of nitrogens with zero attached hydrogens (tertiary/aromatic N) is 3. The largest absolute Gasteiger partial charge is 0.287 e. The molecule has 0 N–H and O–H groups in total. The van der Waals surface area contributed by atoms with E-state index in [1.807, 2.05) is 26.2 Å². The lowest BCUT2D eigenvalue weighted by Crippen LogP contribution is -2.18. The van der Waals surface area contributed by atoms with E-state index < -0.39 is 0 Å². The molecule has 0 fully saturated rings. The fourth-order valence-electron chi connectivity index (χ4n) is 1.28. The summed E-state index contributed by atoms with van der Waals surface area (Å²) >= 11 is 0. The third-order valence-electron chi connectivity index (χ3n) is 1.80. The summed E-state index contributed by atoms with van der Waals surface area (Å²) in [6.45, 7) is 1.81. The van der Waals surface area contributed by atoms with Crippen LogP contribution >= 0.6 is 0 Å². The highest BCUT2D eigenvalue weighted by atomic mass is 16.1. The molecule has 0 aliphatic heterocycles. The lowest BCUT2D eigenvalue weighted by Gasteiger charge is -1.98. The molecule has 0 saturated carbocycles. The monoisotopic (exact) mass is 163 g/mol. The van der Waals surface area contributed by atoms with Crippen molar-refractivity contribution in [1.82, 2.24) is 14.2 Å². The zero-order valence-electron chi connectivity index (χ0n) is 6.98. The smallest absolute Gasteiger partial charge is 0.273 e. The predicted molar refractivity (Wildman–Crippen MR) is 45.2 cm³/mol. The summed E-state index contributed by atoms with van der Waals surface area (Å²) in [5.74, 6) is 0. The molecular weight excluding hydrogens is 154 g/mol. The molecule has 0 atom stereocenters. The summed E-state index contributed by atoms with van der Waals surface area (Å²) in [6, 6.07) is 3.33. The third kappa shape index (κ3) is 0.845. The molecule has 2 aromatic heterocycles. The Kier molecular flexibility index (Phi) is 1.30. The Morgan fingerprint density at radius 1 is 1.50 bits per heavy atom. The summed E-state index contributed by atoms with van der Waals surface area (Å²) in [4.78, 5) is 15.6. The van der Waals surface area contributed by atoms with Gasteiger partial charge in [0.2, 0.25) is 0 Å². The molecule has 0 saturated heterocycles. The Labute approximate surface area is 69.1 Å². The number of aryl methyl sites for hydroxylation is 2. The van der Waals surface area contributed by atoms with Crippen LogP contribution in [0, 0.1) is 6.92 Å². The van der Waals surface area contributed by atoms with Crippen LogP contribution < -0.4 is 5.56 Å². The summed E-state index contributed by atoms with van der Waals surface area (Å²) in [6.07, 6.45) is 1.81. The van der Waals surface area contributed by atoms with Crippen molar-refractivity contribution in [3.63, 3.8) is 0 Å². The summed E-state index contributed by atoms with van der Waals surface area (Å²) in [5, 5.41) is 0. The molecule has 4 nitrogen and oxygen atoms in total. The number of aromatic nitrogens is 3. The number of hydrogen-bond donors (Lipinski definition) is 0. The van der Waals surface area contributed by atoms with E-state index in [1.165, 1.54) is 10.6 Å². The van der Waals surface area contributed by atoms with E-state index in [0.717, 1.165) is 5.69 Å². The molecule has 62 valence electrons. The molecule has 0 aromatic carbocycles. The maximum absolute atomic E-state index is 11.4. The quantitative estimate of drug-likeness (QED) is 0.562. The van der Waals surface area contributed by atoms with Gasteiger partial charge < -0.3 is 0 Å². The van der Waals surface area contributed by atoms with Gasteiger partial charge in [0.05, 0.1) is 0 Å². The van der Waals surface area contributed by atoms with Crippen LogP contribution in [0.25, 0.3) is 5.65 Å². The van der Waals surface area contributed by atoms with Crippen LogP contribution in [0.3, 0.4) is 0 Å². The standard InChI is InChI=1S/C8H9N3O/c1-6-5-8(12)11-7(9-6)3-4-10(11)2/h3-5H,1-2H3. The van der Waals surface area contributed by atoms with Gasteiger partial charge in [-0.2, -0.15) is 4.52 Å². The second kappa shape index (κ2) is 2.20. The van der Waals surface area contributed by atoms with Gasteiger partial charge >= 0.3 is 0 Å². The molecule has 0 radical (unpaired) electrons. The average Bonchev–Trinajstić information content (AvgIpc) is 2.31. The van der Waals surface area contributed by atoms with Gasteiger partial charge in [-0.15, -0.1) is 0 Å². The molecule has 2 aromatic rings. The Bertz CT molecular complexity index is 480. The van der Waals surface area contributed by atoms with Gasteiger partial charge in [-0.25, -0.2) is 4.98 Å². The van der Waals surface area contributed by atoms with Gasteiger partial charge in [0.15, 0.2) is 5.65 Å². The van der Waals surface area contributed by atoms with E-state index in [0.29, 0.717) is 5.65 Å². The first kappa shape index (κ1) is 7.09. The highest BCUT2D eigenvalue weighted by Gasteiger charge is 2.00. The molecule has 2 rings (SSSR count). The molecule has 4 heteroatoms. The van der Waals surface area contributed by atoms with E-state index >= 15 is 0 Å². The first-order valence-corrected chi connectivity index (χ1v) is 3.70. The Balaban J connectivity index is 3.03. The highest BCUT2D eigenvalue weighted by Crippen LogP contribution is 1.97. The molecule has 0 amide bonds. The van der Waals surface area contributed by atoms with Crippen molar-refractivity contribution in [2.75, 3.05) is 0 Å². The molecule has 2 heterocycles. The van der Waals surface area contributed by atoms with Crippen molar-refractivity contribution < 1.29 is 0 Å². The fourth-order valence-corrected chi connectivity index (χ4v) is 1.28. The molecule has 0 spiro atoms. The number of rotatable bonds is 0. The maximum atomic E-state index is 11.4. The van der Waals surface area contributed by atoms with Crippen molar-refractivity contribution >= 4 is 5.65 Å². The highest BCUT2D eigenvalue weighted by molar-refractivity contribution is 5.36. The molecule has 0 aliphatic rings. The Hall–Kier alpha value is -1.58. The van der Waals surface area contributed by atoms with Gasteiger partial charge in [-0.05, 0) is 6.92 Å². The van der Waals surface area contributed by atoms with Crippen molar-refractivity contribution in [3.8, 4) is 0 Å². The Morgan fingerprint density at radius 3 is 3.00 bits per heavy atom. The summed E-state index contributed by atoms with van der Waals surface area (Å²) in [7, 11) is 1.81. The van der Waals surface area contributed by atoms with Gasteiger partial charge in [-0.1, -0.05) is 0 Å². The van der Waals surface area contributed by atoms with Crippen molar-refractivity contribution in [1.29, 1.82) is 0 Å². The normalized spacial score (nSPS) is 10.8. The van der Waals surface area contributed by atoms with E-state index in [4.69, 9.17) is 0 Å². The predicted octanol–water partition coefficient (Wildman–Crippen LogP) is 0.341. The van der Waals surface area contributed by atoms with Gasteiger partial charge in [0.1, 0.15) is 0 Å². The van der Waals surface area contributed by atoms with Crippen LogP contribution in [0.1, 0.15) is 5.69 Å². The van der Waals surface area contributed by atoms with Crippen LogP contribution in [-0.4, -0.2) is 14.2 Å². The maximum Gasteiger partial charge on any atom is 0.273 e. The van der Waals surface area contributed by atoms with Crippen LogP contribution in [0.2, 0.25) is 0 Å². The van der Waals surface area contributed by atoms with Crippen LogP contribution in [0.5, 0.6) is 0 Å². The molecule has 0 unspecified atom stereocenters. The van der Waals surface area contributed by atoms with E-state index in [1.54, 1.807) is 4.68 Å². The summed E-state index contributed by atoms with van der Waals surface area (Å²) < 4.78 is 3.23. The van der Waals surface area contributed by atoms with E-state index in [2.05, 4.69) is 4.98 Å². The average molecular weight is 163 g/mol. The van der Waals surface area contributed by atoms with Gasteiger partial charge in [0.25, 0.3) is 5.56 Å². The SMILES string of the molecule is Cc1cc(=O)n2c(ccn2C)n1. The first-order chi connectivity index (χ1) is 5.68. The zero-order chi connectivity index (χ0) is 8.72. The number of fused-ring (bicyclic) bond motifs is 1. The lowest BCUT2D eigenvalue weighted by molar-refractivity contribution is 0.678. The fraction of sp³-hybridized carbons (Fsp3) is 0.250. The molecule has 0 aliphatic carbocycles. The Morgan fingerprint density at radius 2 is 2.25 bits per heavy atom. The second-order valence-corrected chi connectivity index (χ2v) is 2.80. The summed E-state index contributed by atoms with van der Waals surface area (Å²) in [5.41, 5.74) is 1.42. The first-order valence-electron chi connectivity index (χ1n) is 3.70. The molecule has 12 heavy (non-hydrogen) atoms. The zero-order valence-corrected chi connectivity index (χ0v) is 6.98. The van der Waals surface area contributed by atoms with Crippen LogP contribution in [0.15, 0.2) is 23.1 Å². The van der Waals surface area contributed by atoms with E-state index in [-0.39, 0.29) is 5.56 Å². The van der Waals surface area contributed by atoms with Crippen molar-refractivity contribution in [2.45, 2.75) is 6.92 Å². The number of hydrogen-bond acceptors (Lipinski definition) is 2. The minimum absolute atomic E-state index is 0.0370. The molecular formula is C8H9N3O. The lowest BCUT2D eigenvalue weighted by atomic mass is 10.4. The van der Waals surface area contributed by atoms with Crippen LogP contribution in [-0.2, 0) is 7.05 Å². The molecule has 0 bridgehead atoms. The third-order valence-corrected chi connectivity index (χ3v) is 1.80. The topological polar surface area (TPSA) is 39.3 Å². The van der Waals surface area contributed by atoms with Crippen LogP contribution in [0.4, 0.5) is 0 Å². The second-order valence-electron chi connectivity index (χ2n) is 2.80. The van der Waals surface area contributed by atoms with Gasteiger partial charge in [-0.3, -0.25) is 9.48 Å².